The van der Waals surface area contributed by atoms with Crippen LogP contribution >= 0.6 is 0 Å². The molecule has 112 valence electrons. The molecule has 20 heavy (non-hydrogen) atoms. The van der Waals surface area contributed by atoms with E-state index < -0.39 is 0 Å². The Kier molecular flexibility index (Phi) is 4.76. The van der Waals surface area contributed by atoms with Gasteiger partial charge in [-0.3, -0.25) is 4.90 Å². The molecule has 0 amide bonds. The van der Waals surface area contributed by atoms with Crippen LogP contribution in [0.4, 0.5) is 0 Å². The number of morpholine rings is 1. The van der Waals surface area contributed by atoms with Crippen LogP contribution in [0.5, 0.6) is 0 Å². The number of hydrogen-bond acceptors (Lipinski definition) is 4. The Morgan fingerprint density at radius 1 is 1.40 bits per heavy atom. The van der Waals surface area contributed by atoms with Gasteiger partial charge in [0.15, 0.2) is 0 Å². The molecule has 0 bridgehead atoms. The van der Waals surface area contributed by atoms with E-state index in [1.165, 1.54) is 25.7 Å². The lowest BCUT2D eigenvalue weighted by Crippen LogP contribution is -2.54. The molecule has 3 atom stereocenters. The SMILES string of the molecule is CC(NCCN1CCOC2CCCCC21)c1ccco1. The first-order valence-corrected chi connectivity index (χ1v) is 7.97. The van der Waals surface area contributed by atoms with Gasteiger partial charge in [0.2, 0.25) is 0 Å². The molecule has 1 N–H and O–H groups in total. The van der Waals surface area contributed by atoms with Gasteiger partial charge in [-0.15, -0.1) is 0 Å². The number of fused-ring (bicyclic) bond motifs is 1. The van der Waals surface area contributed by atoms with E-state index in [1.54, 1.807) is 6.26 Å². The molecular formula is C16H26N2O2. The fraction of sp³-hybridized carbons (Fsp3) is 0.750. The molecule has 4 heteroatoms. The van der Waals surface area contributed by atoms with Gasteiger partial charge in [0.05, 0.1) is 25.0 Å². The zero-order chi connectivity index (χ0) is 13.8. The Hall–Kier alpha value is -0.840. The summed E-state index contributed by atoms with van der Waals surface area (Å²) in [5, 5.41) is 3.55. The maximum Gasteiger partial charge on any atom is 0.120 e. The molecule has 4 nitrogen and oxygen atoms in total. The first-order chi connectivity index (χ1) is 9.84. The van der Waals surface area contributed by atoms with E-state index >= 15 is 0 Å². The lowest BCUT2D eigenvalue weighted by Gasteiger charge is -2.44. The van der Waals surface area contributed by atoms with Crippen LogP contribution in [0.1, 0.15) is 44.4 Å². The summed E-state index contributed by atoms with van der Waals surface area (Å²) in [5.74, 6) is 1.02. The summed E-state index contributed by atoms with van der Waals surface area (Å²) in [4.78, 5) is 2.62. The number of ether oxygens (including phenoxy) is 1. The Balaban J connectivity index is 1.45. The molecule has 2 aliphatic rings. The third-order valence-corrected chi connectivity index (χ3v) is 4.67. The second-order valence-electron chi connectivity index (χ2n) is 5.99. The van der Waals surface area contributed by atoms with Crippen molar-refractivity contribution >= 4 is 0 Å². The summed E-state index contributed by atoms with van der Waals surface area (Å²) in [5.41, 5.74) is 0. The van der Waals surface area contributed by atoms with Crippen molar-refractivity contribution in [2.75, 3.05) is 26.2 Å². The zero-order valence-electron chi connectivity index (χ0n) is 12.4. The van der Waals surface area contributed by atoms with Gasteiger partial charge in [-0.1, -0.05) is 12.8 Å². The predicted octanol–water partition coefficient (Wildman–Crippen LogP) is 2.57. The molecular weight excluding hydrogens is 252 g/mol. The normalized spacial score (nSPS) is 29.1. The van der Waals surface area contributed by atoms with E-state index in [9.17, 15) is 0 Å². The first-order valence-electron chi connectivity index (χ1n) is 7.97. The lowest BCUT2D eigenvalue weighted by atomic mass is 9.90. The Morgan fingerprint density at radius 3 is 3.15 bits per heavy atom. The van der Waals surface area contributed by atoms with Gasteiger partial charge in [0.1, 0.15) is 5.76 Å². The summed E-state index contributed by atoms with van der Waals surface area (Å²) in [7, 11) is 0. The minimum atomic E-state index is 0.285. The molecule has 1 aliphatic carbocycles. The summed E-state index contributed by atoms with van der Waals surface area (Å²) < 4.78 is 11.3. The molecule has 1 aromatic heterocycles. The van der Waals surface area contributed by atoms with Crippen molar-refractivity contribution in [2.24, 2.45) is 0 Å². The maximum atomic E-state index is 5.92. The predicted molar refractivity (Wildman–Crippen MR) is 78.7 cm³/mol. The average Bonchev–Trinajstić information content (AvgIpc) is 3.02. The van der Waals surface area contributed by atoms with E-state index in [0.717, 1.165) is 32.0 Å². The fourth-order valence-electron chi connectivity index (χ4n) is 3.52. The van der Waals surface area contributed by atoms with E-state index in [0.29, 0.717) is 12.1 Å². The van der Waals surface area contributed by atoms with Crippen LogP contribution in [-0.4, -0.2) is 43.3 Å². The van der Waals surface area contributed by atoms with E-state index in [1.807, 2.05) is 12.1 Å². The van der Waals surface area contributed by atoms with Crippen LogP contribution in [0.25, 0.3) is 0 Å². The molecule has 0 radical (unpaired) electrons. The molecule has 1 aliphatic heterocycles. The van der Waals surface area contributed by atoms with E-state index in [4.69, 9.17) is 9.15 Å². The number of rotatable bonds is 5. The molecule has 2 heterocycles. The number of nitrogens with one attached hydrogen (secondary N) is 1. The highest BCUT2D eigenvalue weighted by molar-refractivity contribution is 5.02. The van der Waals surface area contributed by atoms with Crippen molar-refractivity contribution in [3.05, 3.63) is 24.2 Å². The molecule has 3 unspecified atom stereocenters. The van der Waals surface area contributed by atoms with Crippen LogP contribution in [0.15, 0.2) is 22.8 Å². The topological polar surface area (TPSA) is 37.6 Å². The monoisotopic (exact) mass is 278 g/mol. The molecule has 1 saturated carbocycles. The van der Waals surface area contributed by atoms with E-state index in [-0.39, 0.29) is 6.04 Å². The molecule has 1 aromatic rings. The Bertz CT molecular complexity index is 391. The summed E-state index contributed by atoms with van der Waals surface area (Å²) >= 11 is 0. The van der Waals surface area contributed by atoms with Crippen molar-refractivity contribution in [1.29, 1.82) is 0 Å². The summed E-state index contributed by atoms with van der Waals surface area (Å²) in [6, 6.07) is 4.91. The van der Waals surface area contributed by atoms with Crippen LogP contribution in [-0.2, 0) is 4.74 Å². The van der Waals surface area contributed by atoms with Crippen molar-refractivity contribution in [3.63, 3.8) is 0 Å². The van der Waals surface area contributed by atoms with Crippen LogP contribution in [0, 0.1) is 0 Å². The molecule has 3 rings (SSSR count). The smallest absolute Gasteiger partial charge is 0.120 e. The summed E-state index contributed by atoms with van der Waals surface area (Å²) in [6.45, 7) is 6.25. The lowest BCUT2D eigenvalue weighted by molar-refractivity contribution is -0.0875. The quantitative estimate of drug-likeness (QED) is 0.898. The zero-order valence-corrected chi connectivity index (χ0v) is 12.4. The number of furan rings is 1. The van der Waals surface area contributed by atoms with Gasteiger partial charge < -0.3 is 14.5 Å². The highest BCUT2D eigenvalue weighted by atomic mass is 16.5. The minimum absolute atomic E-state index is 0.285. The second kappa shape index (κ2) is 6.74. The van der Waals surface area contributed by atoms with Crippen molar-refractivity contribution in [1.82, 2.24) is 10.2 Å². The maximum absolute atomic E-state index is 5.92. The third-order valence-electron chi connectivity index (χ3n) is 4.67. The second-order valence-corrected chi connectivity index (χ2v) is 5.99. The molecule has 2 fully saturated rings. The molecule has 0 aromatic carbocycles. The van der Waals surface area contributed by atoms with Gasteiger partial charge in [-0.05, 0) is 31.9 Å². The molecule has 1 saturated heterocycles. The first kappa shape index (κ1) is 14.1. The summed E-state index contributed by atoms with van der Waals surface area (Å²) in [6.07, 6.45) is 7.47. The van der Waals surface area contributed by atoms with Crippen molar-refractivity contribution in [3.8, 4) is 0 Å². The van der Waals surface area contributed by atoms with Crippen molar-refractivity contribution < 1.29 is 9.15 Å². The highest BCUT2D eigenvalue weighted by Crippen LogP contribution is 2.28. The minimum Gasteiger partial charge on any atom is -0.468 e. The van der Waals surface area contributed by atoms with E-state index in [2.05, 4.69) is 17.1 Å². The van der Waals surface area contributed by atoms with Crippen molar-refractivity contribution in [2.45, 2.75) is 50.8 Å². The van der Waals surface area contributed by atoms with Crippen LogP contribution in [0.2, 0.25) is 0 Å². The number of hydrogen-bond donors (Lipinski definition) is 1. The largest absolute Gasteiger partial charge is 0.468 e. The van der Waals surface area contributed by atoms with Gasteiger partial charge in [-0.25, -0.2) is 0 Å². The number of nitrogens with zero attached hydrogens (tertiary/aromatic N) is 1. The fourth-order valence-corrected chi connectivity index (χ4v) is 3.52. The highest BCUT2D eigenvalue weighted by Gasteiger charge is 2.33. The average molecular weight is 278 g/mol. The molecule has 0 spiro atoms. The standard InChI is InChI=1S/C16H26N2O2/c1-13(15-7-4-11-19-15)17-8-9-18-10-12-20-16-6-3-2-5-14(16)18/h4,7,11,13-14,16-17H,2-3,5-6,8-10,12H2,1H3. The third kappa shape index (κ3) is 3.25. The Morgan fingerprint density at radius 2 is 2.30 bits per heavy atom. The van der Waals surface area contributed by atoms with Gasteiger partial charge >= 0.3 is 0 Å². The van der Waals surface area contributed by atoms with Gasteiger partial charge in [0, 0.05) is 25.7 Å². The van der Waals surface area contributed by atoms with Crippen LogP contribution in [0.3, 0.4) is 0 Å². The van der Waals surface area contributed by atoms with Gasteiger partial charge in [0.25, 0.3) is 0 Å². The van der Waals surface area contributed by atoms with Gasteiger partial charge in [-0.2, -0.15) is 0 Å². The van der Waals surface area contributed by atoms with Crippen LogP contribution < -0.4 is 5.32 Å². The Labute approximate surface area is 121 Å².